The quantitative estimate of drug-likeness (QED) is 0.240. The van der Waals surface area contributed by atoms with Crippen molar-refractivity contribution in [2.45, 2.75) is 96.8 Å². The maximum Gasteiger partial charge on any atom is 0.323 e. The molecule has 0 aromatic carbocycles. The first-order valence-electron chi connectivity index (χ1n) is 10.3. The number of unbranched alkanes of at least 4 members (excludes halogenated alkanes) is 12. The largest absolute Gasteiger partial charge is 0.480 e. The molecule has 0 radical (unpaired) electrons. The molecule has 0 atom stereocenters. The maximum absolute atomic E-state index is 12.1. The summed E-state index contributed by atoms with van der Waals surface area (Å²) in [7, 11) is 1.45. The second kappa shape index (κ2) is 16.9. The van der Waals surface area contributed by atoms with E-state index in [2.05, 4.69) is 11.9 Å². The van der Waals surface area contributed by atoms with Crippen LogP contribution in [0.25, 0.3) is 0 Å². The van der Waals surface area contributed by atoms with Crippen LogP contribution in [0.3, 0.4) is 0 Å². The minimum absolute atomic E-state index is 0.0351. The van der Waals surface area contributed by atoms with Crippen molar-refractivity contribution in [1.29, 1.82) is 0 Å². The molecule has 0 aromatic rings. The van der Waals surface area contributed by atoms with Gasteiger partial charge in [0.25, 0.3) is 0 Å². The summed E-state index contributed by atoms with van der Waals surface area (Å²) in [5.41, 5.74) is 5.60. The monoisotopic (exact) mass is 369 g/mol. The van der Waals surface area contributed by atoms with Gasteiger partial charge in [-0.15, -0.1) is 0 Å². The average molecular weight is 370 g/mol. The van der Waals surface area contributed by atoms with Crippen LogP contribution in [0.2, 0.25) is 0 Å². The molecule has 0 saturated heterocycles. The highest BCUT2D eigenvalue weighted by molar-refractivity contribution is 5.98. The molecule has 26 heavy (non-hydrogen) atoms. The Bertz CT molecular complexity index is 411. The summed E-state index contributed by atoms with van der Waals surface area (Å²) in [6, 6.07) is 0. The number of aliphatic carboxylic acids is 1. The van der Waals surface area contributed by atoms with Crippen LogP contribution in [-0.4, -0.2) is 41.4 Å². The van der Waals surface area contributed by atoms with Crippen LogP contribution < -0.4 is 5.73 Å². The van der Waals surface area contributed by atoms with E-state index in [-0.39, 0.29) is 11.9 Å². The van der Waals surface area contributed by atoms with Crippen molar-refractivity contribution in [2.75, 3.05) is 13.6 Å². The molecule has 0 aromatic heterocycles. The van der Waals surface area contributed by atoms with Gasteiger partial charge in [-0.2, -0.15) is 0 Å². The van der Waals surface area contributed by atoms with Gasteiger partial charge >= 0.3 is 5.97 Å². The summed E-state index contributed by atoms with van der Waals surface area (Å²) in [5.74, 6) is -1.39. The van der Waals surface area contributed by atoms with Crippen molar-refractivity contribution in [3.63, 3.8) is 0 Å². The van der Waals surface area contributed by atoms with Crippen molar-refractivity contribution in [3.05, 3.63) is 0 Å². The van der Waals surface area contributed by atoms with E-state index in [1.165, 1.54) is 71.3 Å². The van der Waals surface area contributed by atoms with E-state index in [1.807, 2.05) is 0 Å². The van der Waals surface area contributed by atoms with E-state index in [9.17, 15) is 9.59 Å². The van der Waals surface area contributed by atoms with Gasteiger partial charge in [0.05, 0.1) is 0 Å². The van der Waals surface area contributed by atoms with E-state index < -0.39 is 12.5 Å². The van der Waals surface area contributed by atoms with E-state index in [0.29, 0.717) is 6.42 Å². The summed E-state index contributed by atoms with van der Waals surface area (Å²) < 4.78 is 0. The summed E-state index contributed by atoms with van der Waals surface area (Å²) in [6.07, 6.45) is 16.5. The summed E-state index contributed by atoms with van der Waals surface area (Å²) in [5, 5.41) is 8.86. The average Bonchev–Trinajstić information content (AvgIpc) is 2.62. The van der Waals surface area contributed by atoms with Gasteiger partial charge in [0.2, 0.25) is 5.91 Å². The molecular weight excluding hydrogens is 330 g/mol. The van der Waals surface area contributed by atoms with Crippen LogP contribution in [0, 0.1) is 0 Å². The highest BCUT2D eigenvalue weighted by atomic mass is 16.4. The normalized spacial score (nSPS) is 11.5. The number of hydrogen-bond acceptors (Lipinski definition) is 3. The van der Waals surface area contributed by atoms with Gasteiger partial charge in [0, 0.05) is 13.5 Å². The van der Waals surface area contributed by atoms with E-state index >= 15 is 0 Å². The Morgan fingerprint density at radius 2 is 1.27 bits per heavy atom. The molecule has 3 N–H and O–H groups in total. The third kappa shape index (κ3) is 13.7. The zero-order chi connectivity index (χ0) is 19.6. The second-order valence-electron chi connectivity index (χ2n) is 6.95. The molecular formula is C20H39N3O3. The zero-order valence-corrected chi connectivity index (χ0v) is 16.8. The number of carboxylic acids is 1. The predicted molar refractivity (Wildman–Crippen MR) is 107 cm³/mol. The standard InChI is InChI=1S/C20H39N3O3/c1-3-4-5-6-7-8-9-10-11-12-13-14-15-16-18(24)23(17-19(25)26)20(21)22-2/h3-17H2,1-2H3,(H2,21,22)(H,25,26). The Morgan fingerprint density at radius 3 is 1.65 bits per heavy atom. The second-order valence-corrected chi connectivity index (χ2v) is 6.95. The molecule has 0 aliphatic heterocycles. The summed E-state index contributed by atoms with van der Waals surface area (Å²) >= 11 is 0. The van der Waals surface area contributed by atoms with Gasteiger partial charge < -0.3 is 10.8 Å². The van der Waals surface area contributed by atoms with Crippen LogP contribution >= 0.6 is 0 Å². The number of nitrogens with zero attached hydrogens (tertiary/aromatic N) is 2. The molecule has 0 unspecified atom stereocenters. The number of aliphatic imine (C=N–C) groups is 1. The van der Waals surface area contributed by atoms with Gasteiger partial charge in [-0.1, -0.05) is 84.0 Å². The summed E-state index contributed by atoms with van der Waals surface area (Å²) in [4.78, 5) is 27.7. The highest BCUT2D eigenvalue weighted by Crippen LogP contribution is 2.13. The van der Waals surface area contributed by atoms with E-state index in [4.69, 9.17) is 10.8 Å². The molecule has 152 valence electrons. The number of carboxylic acid groups (broad SMARTS) is 1. The van der Waals surface area contributed by atoms with Crippen molar-refractivity contribution in [1.82, 2.24) is 4.90 Å². The van der Waals surface area contributed by atoms with Gasteiger partial charge in [-0.05, 0) is 6.42 Å². The fraction of sp³-hybridized carbons (Fsp3) is 0.850. The minimum atomic E-state index is -1.09. The Kier molecular flexibility index (Phi) is 15.8. The first-order chi connectivity index (χ1) is 12.5. The highest BCUT2D eigenvalue weighted by Gasteiger charge is 2.19. The maximum atomic E-state index is 12.1. The molecule has 0 heterocycles. The first kappa shape index (κ1) is 24.4. The number of carbonyl (C=O) groups excluding carboxylic acids is 1. The van der Waals surface area contributed by atoms with Crippen molar-refractivity contribution in [2.24, 2.45) is 10.7 Å². The predicted octanol–water partition coefficient (Wildman–Crippen LogP) is 4.33. The number of amides is 1. The van der Waals surface area contributed by atoms with Crippen molar-refractivity contribution in [3.8, 4) is 0 Å². The Hall–Kier alpha value is -1.59. The lowest BCUT2D eigenvalue weighted by molar-refractivity contribution is -0.141. The van der Waals surface area contributed by atoms with Gasteiger partial charge in [0.1, 0.15) is 6.54 Å². The SMILES string of the molecule is CCCCCCCCCCCCCCCC(=O)N(CC(=O)O)C(N)=NC. The van der Waals surface area contributed by atoms with Gasteiger partial charge in [-0.25, -0.2) is 0 Å². The molecule has 0 saturated carbocycles. The third-order valence-electron chi connectivity index (χ3n) is 4.59. The fourth-order valence-corrected chi connectivity index (χ4v) is 2.98. The Labute approximate surface area is 159 Å². The van der Waals surface area contributed by atoms with Crippen LogP contribution in [0.1, 0.15) is 96.8 Å². The molecule has 0 rings (SSSR count). The van der Waals surface area contributed by atoms with Crippen LogP contribution in [0.15, 0.2) is 4.99 Å². The number of rotatable bonds is 16. The van der Waals surface area contributed by atoms with Gasteiger partial charge in [0.15, 0.2) is 5.96 Å². The number of nitrogens with two attached hydrogens (primary N) is 1. The third-order valence-corrected chi connectivity index (χ3v) is 4.59. The first-order valence-corrected chi connectivity index (χ1v) is 10.3. The Balaban J connectivity index is 3.61. The molecule has 0 spiro atoms. The molecule has 0 aliphatic rings. The smallest absolute Gasteiger partial charge is 0.323 e. The van der Waals surface area contributed by atoms with Gasteiger partial charge in [-0.3, -0.25) is 19.5 Å². The lowest BCUT2D eigenvalue weighted by Gasteiger charge is -2.19. The number of carbonyl (C=O) groups is 2. The van der Waals surface area contributed by atoms with E-state index in [1.54, 1.807) is 0 Å². The Morgan fingerprint density at radius 1 is 0.846 bits per heavy atom. The molecule has 0 fully saturated rings. The summed E-state index contributed by atoms with van der Waals surface area (Å²) in [6.45, 7) is 1.82. The van der Waals surface area contributed by atoms with Crippen LogP contribution in [0.5, 0.6) is 0 Å². The number of hydrogen-bond donors (Lipinski definition) is 2. The molecule has 1 amide bonds. The van der Waals surface area contributed by atoms with Crippen LogP contribution in [-0.2, 0) is 9.59 Å². The van der Waals surface area contributed by atoms with Crippen LogP contribution in [0.4, 0.5) is 0 Å². The zero-order valence-electron chi connectivity index (χ0n) is 16.8. The topological polar surface area (TPSA) is 96.0 Å². The fourth-order valence-electron chi connectivity index (χ4n) is 2.98. The van der Waals surface area contributed by atoms with Crippen molar-refractivity contribution >= 4 is 17.8 Å². The molecule has 6 heteroatoms. The molecule has 0 aliphatic carbocycles. The van der Waals surface area contributed by atoms with Crippen molar-refractivity contribution < 1.29 is 14.7 Å². The molecule has 0 bridgehead atoms. The number of guanidine groups is 1. The molecule has 6 nitrogen and oxygen atoms in total. The lowest BCUT2D eigenvalue weighted by atomic mass is 10.0. The lowest BCUT2D eigenvalue weighted by Crippen LogP contribution is -2.44. The minimum Gasteiger partial charge on any atom is -0.480 e. The van der Waals surface area contributed by atoms with E-state index in [0.717, 1.165) is 24.2 Å².